The number of aliphatic hydroxyl groups is 1. The van der Waals surface area contributed by atoms with E-state index in [9.17, 15) is 5.11 Å². The summed E-state index contributed by atoms with van der Waals surface area (Å²) in [5.74, 6) is 0.745. The van der Waals surface area contributed by atoms with Crippen molar-refractivity contribution in [3.05, 3.63) is 35.9 Å². The lowest BCUT2D eigenvalue weighted by Gasteiger charge is -2.20. The molecule has 94 valence electrons. The van der Waals surface area contributed by atoms with E-state index < -0.39 is 0 Å². The smallest absolute Gasteiger partial charge is 0.115 e. The van der Waals surface area contributed by atoms with Gasteiger partial charge >= 0.3 is 0 Å². The van der Waals surface area contributed by atoms with Crippen molar-refractivity contribution in [3.63, 3.8) is 0 Å². The Balaban J connectivity index is 0.000000686. The van der Waals surface area contributed by atoms with Gasteiger partial charge in [0.2, 0.25) is 0 Å². The van der Waals surface area contributed by atoms with E-state index in [-0.39, 0.29) is 0 Å². The van der Waals surface area contributed by atoms with Gasteiger partial charge in [-0.15, -0.1) is 0 Å². The minimum atomic E-state index is 0.291. The first-order chi connectivity index (χ1) is 8.29. The first-order valence-electron chi connectivity index (χ1n) is 6.39. The molecule has 2 nitrogen and oxygen atoms in total. The van der Waals surface area contributed by atoms with Crippen LogP contribution >= 0.6 is 0 Å². The van der Waals surface area contributed by atoms with E-state index in [1.54, 1.807) is 12.1 Å². The molecule has 0 fully saturated rings. The van der Waals surface area contributed by atoms with Crippen LogP contribution in [0.4, 0.5) is 0 Å². The third-order valence-corrected chi connectivity index (χ3v) is 3.02. The molecule has 0 saturated carbocycles. The number of benzene rings is 1. The molecule has 1 aromatic rings. The summed E-state index contributed by atoms with van der Waals surface area (Å²) < 4.78 is 0. The first kappa shape index (κ1) is 13.8. The van der Waals surface area contributed by atoms with E-state index in [4.69, 9.17) is 5.11 Å². The lowest BCUT2D eigenvalue weighted by Crippen LogP contribution is -2.09. The van der Waals surface area contributed by atoms with Gasteiger partial charge in [0.1, 0.15) is 5.75 Å². The third kappa shape index (κ3) is 3.90. The molecule has 0 aromatic heterocycles. The first-order valence-corrected chi connectivity index (χ1v) is 6.39. The predicted molar refractivity (Wildman–Crippen MR) is 71.9 cm³/mol. The van der Waals surface area contributed by atoms with Crippen LogP contribution in [-0.4, -0.2) is 16.8 Å². The lowest BCUT2D eigenvalue weighted by molar-refractivity contribution is 0.218. The van der Waals surface area contributed by atoms with Gasteiger partial charge in [-0.1, -0.05) is 32.1 Å². The molecule has 2 rings (SSSR count). The van der Waals surface area contributed by atoms with Crippen molar-refractivity contribution in [1.82, 2.24) is 0 Å². The number of hydrogen-bond acceptors (Lipinski definition) is 2. The van der Waals surface area contributed by atoms with Gasteiger partial charge in [0.25, 0.3) is 0 Å². The third-order valence-electron chi connectivity index (χ3n) is 3.02. The summed E-state index contributed by atoms with van der Waals surface area (Å²) in [6, 6.07) is 7.32. The Morgan fingerprint density at radius 2 is 1.82 bits per heavy atom. The SMILES string of the molecule is CC.OCC1CC=C(c2ccc(O)cc2)CC1. The number of aromatic hydroxyl groups is 1. The summed E-state index contributed by atoms with van der Waals surface area (Å²) in [5, 5.41) is 18.2. The molecule has 1 aliphatic rings. The summed E-state index contributed by atoms with van der Waals surface area (Å²) >= 11 is 0. The van der Waals surface area contributed by atoms with Crippen molar-refractivity contribution >= 4 is 5.57 Å². The molecule has 0 saturated heterocycles. The topological polar surface area (TPSA) is 40.5 Å². The normalized spacial score (nSPS) is 19.0. The number of phenols is 1. The van der Waals surface area contributed by atoms with Crippen LogP contribution in [0.1, 0.15) is 38.7 Å². The number of phenolic OH excluding ortho intramolecular Hbond substituents is 1. The number of rotatable bonds is 2. The maximum Gasteiger partial charge on any atom is 0.115 e. The fraction of sp³-hybridized carbons (Fsp3) is 0.467. The van der Waals surface area contributed by atoms with E-state index >= 15 is 0 Å². The van der Waals surface area contributed by atoms with Crippen molar-refractivity contribution in [3.8, 4) is 5.75 Å². The Bertz CT molecular complexity index is 352. The molecular weight excluding hydrogens is 212 g/mol. The fourth-order valence-corrected chi connectivity index (χ4v) is 1.99. The van der Waals surface area contributed by atoms with Crippen LogP contribution in [0.15, 0.2) is 30.3 Å². The Morgan fingerprint density at radius 1 is 1.18 bits per heavy atom. The molecule has 2 N–H and O–H groups in total. The minimum absolute atomic E-state index is 0.291. The Kier molecular flexibility index (Phi) is 5.78. The molecule has 1 atom stereocenters. The van der Waals surface area contributed by atoms with Crippen LogP contribution in [-0.2, 0) is 0 Å². The van der Waals surface area contributed by atoms with Crippen LogP contribution in [0.25, 0.3) is 5.57 Å². The molecule has 17 heavy (non-hydrogen) atoms. The summed E-state index contributed by atoms with van der Waals surface area (Å²) in [4.78, 5) is 0. The molecule has 2 heteroatoms. The van der Waals surface area contributed by atoms with Gasteiger partial charge in [0.15, 0.2) is 0 Å². The van der Waals surface area contributed by atoms with Crippen molar-refractivity contribution in [2.75, 3.05) is 6.61 Å². The average Bonchev–Trinajstić information content (AvgIpc) is 2.42. The molecule has 0 amide bonds. The zero-order valence-electron chi connectivity index (χ0n) is 10.7. The largest absolute Gasteiger partial charge is 0.508 e. The van der Waals surface area contributed by atoms with Crippen molar-refractivity contribution in [2.24, 2.45) is 5.92 Å². The van der Waals surface area contributed by atoms with Gasteiger partial charge in [-0.2, -0.15) is 0 Å². The summed E-state index contributed by atoms with van der Waals surface area (Å²) in [7, 11) is 0. The van der Waals surface area contributed by atoms with Gasteiger partial charge in [0, 0.05) is 6.61 Å². The molecule has 0 heterocycles. The van der Waals surface area contributed by atoms with E-state index in [1.807, 2.05) is 26.0 Å². The zero-order chi connectivity index (χ0) is 12.7. The quantitative estimate of drug-likeness (QED) is 0.821. The van der Waals surface area contributed by atoms with Crippen molar-refractivity contribution < 1.29 is 10.2 Å². The van der Waals surface area contributed by atoms with Crippen LogP contribution in [0, 0.1) is 5.92 Å². The Hall–Kier alpha value is -1.28. The monoisotopic (exact) mass is 234 g/mol. The van der Waals surface area contributed by atoms with Crippen LogP contribution in [0.5, 0.6) is 5.75 Å². The van der Waals surface area contributed by atoms with Gasteiger partial charge in [-0.05, 0) is 48.4 Å². The average molecular weight is 234 g/mol. The maximum absolute atomic E-state index is 9.18. The predicted octanol–water partition coefficient (Wildman–Crippen LogP) is 3.59. The van der Waals surface area contributed by atoms with E-state index in [0.717, 1.165) is 19.3 Å². The Labute approximate surface area is 104 Å². The van der Waals surface area contributed by atoms with Crippen LogP contribution < -0.4 is 0 Å². The Morgan fingerprint density at radius 3 is 2.29 bits per heavy atom. The maximum atomic E-state index is 9.18. The molecule has 1 aliphatic carbocycles. The number of hydrogen-bond donors (Lipinski definition) is 2. The molecule has 0 radical (unpaired) electrons. The van der Waals surface area contributed by atoms with Crippen LogP contribution in [0.3, 0.4) is 0 Å². The molecule has 0 aliphatic heterocycles. The second-order valence-corrected chi connectivity index (χ2v) is 4.10. The van der Waals surface area contributed by atoms with Gasteiger partial charge in [-0.25, -0.2) is 0 Å². The molecule has 0 bridgehead atoms. The summed E-state index contributed by atoms with van der Waals surface area (Å²) in [6.07, 6.45) is 5.25. The molecule has 1 aromatic carbocycles. The van der Waals surface area contributed by atoms with Crippen LogP contribution in [0.2, 0.25) is 0 Å². The highest BCUT2D eigenvalue weighted by Gasteiger charge is 2.14. The second-order valence-electron chi connectivity index (χ2n) is 4.10. The summed E-state index contributed by atoms with van der Waals surface area (Å²) in [6.45, 7) is 4.29. The highest BCUT2D eigenvalue weighted by atomic mass is 16.3. The van der Waals surface area contributed by atoms with E-state index in [0.29, 0.717) is 18.3 Å². The van der Waals surface area contributed by atoms with E-state index in [1.165, 1.54) is 11.1 Å². The van der Waals surface area contributed by atoms with Gasteiger partial charge < -0.3 is 10.2 Å². The number of aliphatic hydroxyl groups excluding tert-OH is 1. The molecule has 0 spiro atoms. The number of allylic oxidation sites excluding steroid dienone is 2. The van der Waals surface area contributed by atoms with Crippen molar-refractivity contribution in [1.29, 1.82) is 0 Å². The zero-order valence-corrected chi connectivity index (χ0v) is 10.7. The fourth-order valence-electron chi connectivity index (χ4n) is 1.99. The lowest BCUT2D eigenvalue weighted by atomic mass is 9.87. The second kappa shape index (κ2) is 7.13. The molecule has 1 unspecified atom stereocenters. The standard InChI is InChI=1S/C13H16O2.C2H6/c14-9-10-1-3-11(4-2-10)12-5-7-13(15)8-6-12;1-2/h3,5-8,10,14-15H,1-2,4,9H2;1-2H3. The molecular formula is C15H22O2. The minimum Gasteiger partial charge on any atom is -0.508 e. The highest BCUT2D eigenvalue weighted by molar-refractivity contribution is 5.66. The van der Waals surface area contributed by atoms with Gasteiger partial charge in [0.05, 0.1) is 0 Å². The summed E-state index contributed by atoms with van der Waals surface area (Å²) in [5.41, 5.74) is 2.52. The van der Waals surface area contributed by atoms with Crippen molar-refractivity contribution in [2.45, 2.75) is 33.1 Å². The highest BCUT2D eigenvalue weighted by Crippen LogP contribution is 2.30. The van der Waals surface area contributed by atoms with E-state index in [2.05, 4.69) is 6.08 Å². The van der Waals surface area contributed by atoms with Gasteiger partial charge in [-0.3, -0.25) is 0 Å².